The van der Waals surface area contributed by atoms with E-state index in [0.717, 1.165) is 6.20 Å². The number of halogens is 3. The van der Waals surface area contributed by atoms with E-state index in [2.05, 4.69) is 4.98 Å². The number of rotatable bonds is 5. The van der Waals surface area contributed by atoms with Crippen LogP contribution in [0.15, 0.2) is 18.3 Å². The van der Waals surface area contributed by atoms with Crippen LogP contribution in [-0.2, 0) is 0 Å². The highest BCUT2D eigenvalue weighted by molar-refractivity contribution is 5.95. The summed E-state index contributed by atoms with van der Waals surface area (Å²) in [6, 6.07) is 2.50. The molecule has 0 radical (unpaired) electrons. The zero-order valence-electron chi connectivity index (χ0n) is 9.73. The zero-order valence-corrected chi connectivity index (χ0v) is 10.5. The fourth-order valence-corrected chi connectivity index (χ4v) is 1.05. The van der Waals surface area contributed by atoms with Gasteiger partial charge in [-0.3, -0.25) is 14.6 Å². The summed E-state index contributed by atoms with van der Waals surface area (Å²) >= 11 is 0. The fourth-order valence-electron chi connectivity index (χ4n) is 1.05. The van der Waals surface area contributed by atoms with Gasteiger partial charge in [-0.1, -0.05) is 0 Å². The number of primary amides is 1. The minimum absolute atomic E-state index is 0. The number of nitrogens with zero attached hydrogens (tertiary/aromatic N) is 1. The molecule has 0 aliphatic rings. The molecule has 1 aromatic heterocycles. The van der Waals surface area contributed by atoms with Gasteiger partial charge in [0.25, 0.3) is 11.8 Å². The Morgan fingerprint density at radius 3 is 2.42 bits per heavy atom. The molecule has 0 aliphatic carbocycles. The zero-order chi connectivity index (χ0) is 13.8. The first-order valence-electron chi connectivity index (χ1n) is 4.97. The van der Waals surface area contributed by atoms with Gasteiger partial charge in [-0.25, -0.2) is 8.78 Å². The number of aromatic nitrogens is 1. The van der Waals surface area contributed by atoms with Gasteiger partial charge in [0.1, 0.15) is 5.69 Å². The Labute approximate surface area is 114 Å². The molecule has 1 rings (SSSR count). The van der Waals surface area contributed by atoms with Gasteiger partial charge in [0.15, 0.2) is 0 Å². The van der Waals surface area contributed by atoms with Crippen molar-refractivity contribution in [2.75, 3.05) is 13.1 Å². The van der Waals surface area contributed by atoms with Crippen LogP contribution in [0.5, 0.6) is 0 Å². The van der Waals surface area contributed by atoms with Crippen LogP contribution >= 0.6 is 12.4 Å². The molecule has 0 fully saturated rings. The molecule has 9 heteroatoms. The van der Waals surface area contributed by atoms with Gasteiger partial charge >= 0.3 is 0 Å². The van der Waals surface area contributed by atoms with E-state index in [-0.39, 0.29) is 23.7 Å². The monoisotopic (exact) mass is 294 g/mol. The first kappa shape index (κ1) is 17.2. The smallest absolute Gasteiger partial charge is 0.277 e. The molecule has 1 aromatic rings. The molecule has 2 amide bonds. The summed E-state index contributed by atoms with van der Waals surface area (Å²) in [5, 5.41) is 1.99. The van der Waals surface area contributed by atoms with Crippen LogP contribution < -0.4 is 16.8 Å². The Bertz CT molecular complexity index is 453. The van der Waals surface area contributed by atoms with Crippen LogP contribution in [-0.4, -0.2) is 35.8 Å². The lowest BCUT2D eigenvalue weighted by Crippen LogP contribution is -2.41. The normalized spacial score (nSPS) is 10.5. The van der Waals surface area contributed by atoms with Crippen molar-refractivity contribution in [2.45, 2.75) is 5.92 Å². The Morgan fingerprint density at radius 2 is 2.00 bits per heavy atom. The molecule has 0 aliphatic heterocycles. The van der Waals surface area contributed by atoms with E-state index in [1.165, 1.54) is 12.1 Å². The Kier molecular flexibility index (Phi) is 6.30. The van der Waals surface area contributed by atoms with Gasteiger partial charge in [0.05, 0.1) is 18.7 Å². The maximum Gasteiger partial charge on any atom is 0.277 e. The molecular formula is C10H13ClF2N4O2. The lowest BCUT2D eigenvalue weighted by Gasteiger charge is -2.14. The van der Waals surface area contributed by atoms with Gasteiger partial charge in [-0.05, 0) is 12.1 Å². The second-order valence-corrected chi connectivity index (χ2v) is 3.54. The number of pyridine rings is 1. The van der Waals surface area contributed by atoms with E-state index in [9.17, 15) is 18.4 Å². The number of carbonyl (C=O) groups is 2. The number of hydrogen-bond donors (Lipinski definition) is 3. The van der Waals surface area contributed by atoms with E-state index < -0.39 is 30.8 Å². The molecule has 0 aromatic carbocycles. The molecule has 0 unspecified atom stereocenters. The third-order valence-corrected chi connectivity index (χ3v) is 2.09. The summed E-state index contributed by atoms with van der Waals surface area (Å²) in [6.45, 7) is -1.73. The number of alkyl halides is 2. The first-order chi connectivity index (χ1) is 8.35. The predicted octanol–water partition coefficient (Wildman–Crippen LogP) is -0.0739. The van der Waals surface area contributed by atoms with Crippen molar-refractivity contribution in [3.63, 3.8) is 0 Å². The van der Waals surface area contributed by atoms with Crippen molar-refractivity contribution in [1.29, 1.82) is 0 Å². The lowest BCUT2D eigenvalue weighted by molar-refractivity contribution is 0.0118. The minimum Gasteiger partial charge on any atom is -0.366 e. The van der Waals surface area contributed by atoms with E-state index in [4.69, 9.17) is 11.5 Å². The third kappa shape index (κ3) is 5.14. The van der Waals surface area contributed by atoms with Crippen molar-refractivity contribution >= 4 is 24.2 Å². The largest absolute Gasteiger partial charge is 0.366 e. The molecule has 0 saturated heterocycles. The summed E-state index contributed by atoms with van der Waals surface area (Å²) in [6.07, 6.45) is 1.10. The minimum atomic E-state index is -3.16. The summed E-state index contributed by atoms with van der Waals surface area (Å²) in [7, 11) is 0. The SMILES string of the molecule is Cl.NCC(F)(F)CNC(=O)c1ccc(C(N)=O)cn1. The highest BCUT2D eigenvalue weighted by atomic mass is 35.5. The van der Waals surface area contributed by atoms with Gasteiger partial charge in [0, 0.05) is 6.20 Å². The lowest BCUT2D eigenvalue weighted by atomic mass is 10.2. The van der Waals surface area contributed by atoms with Crippen LogP contribution in [0.3, 0.4) is 0 Å². The molecule has 0 atom stereocenters. The Morgan fingerprint density at radius 1 is 1.37 bits per heavy atom. The number of carbonyl (C=O) groups excluding carboxylic acids is 2. The summed E-state index contributed by atoms with van der Waals surface area (Å²) in [5.41, 5.74) is 9.83. The number of amides is 2. The number of nitrogens with one attached hydrogen (secondary N) is 1. The van der Waals surface area contributed by atoms with E-state index in [0.29, 0.717) is 0 Å². The predicted molar refractivity (Wildman–Crippen MR) is 66.3 cm³/mol. The molecule has 1 heterocycles. The van der Waals surface area contributed by atoms with Crippen LogP contribution in [0.25, 0.3) is 0 Å². The van der Waals surface area contributed by atoms with Crippen molar-refractivity contribution in [3.05, 3.63) is 29.6 Å². The molecule has 0 spiro atoms. The van der Waals surface area contributed by atoms with Crippen molar-refractivity contribution < 1.29 is 18.4 Å². The van der Waals surface area contributed by atoms with Crippen molar-refractivity contribution in [1.82, 2.24) is 10.3 Å². The van der Waals surface area contributed by atoms with E-state index in [1.807, 2.05) is 5.32 Å². The summed E-state index contributed by atoms with van der Waals surface area (Å²) in [4.78, 5) is 25.8. The number of nitrogens with two attached hydrogens (primary N) is 2. The van der Waals surface area contributed by atoms with Gasteiger partial charge in [0.2, 0.25) is 5.91 Å². The van der Waals surface area contributed by atoms with Crippen LogP contribution in [0, 0.1) is 0 Å². The standard InChI is InChI=1S/C10H12F2N4O2.ClH/c11-10(12,4-13)5-16-9(18)7-2-1-6(3-15-7)8(14)17;/h1-3H,4-5,13H2,(H2,14,17)(H,16,18);1H. The average molecular weight is 295 g/mol. The summed E-state index contributed by atoms with van der Waals surface area (Å²) in [5.74, 6) is -4.63. The van der Waals surface area contributed by atoms with Gasteiger partial charge in [-0.15, -0.1) is 12.4 Å². The molecule has 0 bridgehead atoms. The molecule has 6 nitrogen and oxygen atoms in total. The maximum atomic E-state index is 12.8. The molecule has 0 saturated carbocycles. The summed E-state index contributed by atoms with van der Waals surface area (Å²) < 4.78 is 25.6. The van der Waals surface area contributed by atoms with Gasteiger partial charge in [-0.2, -0.15) is 0 Å². The second-order valence-electron chi connectivity index (χ2n) is 3.54. The second kappa shape index (κ2) is 6.95. The first-order valence-corrected chi connectivity index (χ1v) is 4.97. The van der Waals surface area contributed by atoms with Crippen molar-refractivity contribution in [2.24, 2.45) is 11.5 Å². The van der Waals surface area contributed by atoms with Crippen molar-refractivity contribution in [3.8, 4) is 0 Å². The third-order valence-electron chi connectivity index (χ3n) is 2.09. The van der Waals surface area contributed by atoms with E-state index in [1.54, 1.807) is 0 Å². The average Bonchev–Trinajstić information content (AvgIpc) is 2.36. The quantitative estimate of drug-likeness (QED) is 0.705. The highest BCUT2D eigenvalue weighted by Crippen LogP contribution is 2.09. The van der Waals surface area contributed by atoms with Crippen LogP contribution in [0.2, 0.25) is 0 Å². The molecule has 106 valence electrons. The fraction of sp³-hybridized carbons (Fsp3) is 0.300. The topological polar surface area (TPSA) is 111 Å². The molecule has 5 N–H and O–H groups in total. The Balaban J connectivity index is 0.00000324. The highest BCUT2D eigenvalue weighted by Gasteiger charge is 2.27. The number of hydrogen-bond acceptors (Lipinski definition) is 4. The molecular weight excluding hydrogens is 282 g/mol. The Hall–Kier alpha value is -1.80. The van der Waals surface area contributed by atoms with Gasteiger partial charge < -0.3 is 16.8 Å². The maximum absolute atomic E-state index is 12.8. The van der Waals surface area contributed by atoms with Crippen LogP contribution in [0.1, 0.15) is 20.8 Å². The van der Waals surface area contributed by atoms with Crippen LogP contribution in [0.4, 0.5) is 8.78 Å². The molecule has 19 heavy (non-hydrogen) atoms. The van der Waals surface area contributed by atoms with E-state index >= 15 is 0 Å².